The minimum atomic E-state index is -0.436. The quantitative estimate of drug-likeness (QED) is 0.799. The summed E-state index contributed by atoms with van der Waals surface area (Å²) in [6, 6.07) is 0.879. The zero-order valence-corrected chi connectivity index (χ0v) is 18.6. The molecule has 1 spiro atoms. The second-order valence-electron chi connectivity index (χ2n) is 11.3. The number of amides is 1. The van der Waals surface area contributed by atoms with Gasteiger partial charge in [-0.25, -0.2) is 4.98 Å². The number of nitrogens with zero attached hydrogens (tertiary/aromatic N) is 3. The number of aromatic nitrogens is 2. The standard InChI is InChI=1S/C24H35N5O/c1-14-18-10-16(23(18,2)3)11-19(14)27-22-26-13-15-12-24(8-9-25-21(24)30)29(20(15)28-22)17-6-4-5-7-17/h13-14,16-19H,4-12H2,1-3H3,(H,25,30)(H,26,27,28)/t14-,16+,18-,19-,24+/m0/s1. The third-order valence-corrected chi connectivity index (χ3v) is 9.62. The number of carbonyl (C=O) groups is 1. The molecule has 0 radical (unpaired) electrons. The molecule has 0 unspecified atom stereocenters. The lowest BCUT2D eigenvalue weighted by Gasteiger charge is -2.62. The van der Waals surface area contributed by atoms with E-state index in [0.717, 1.165) is 48.6 Å². The normalized spacial score (nSPS) is 39.2. The molecule has 6 aliphatic rings. The fourth-order valence-corrected chi connectivity index (χ4v) is 7.65. The number of anilines is 2. The van der Waals surface area contributed by atoms with Crippen LogP contribution in [0.4, 0.5) is 11.8 Å². The summed E-state index contributed by atoms with van der Waals surface area (Å²) in [5.74, 6) is 4.20. The molecule has 5 fully saturated rings. The van der Waals surface area contributed by atoms with E-state index in [-0.39, 0.29) is 5.91 Å². The Balaban J connectivity index is 1.29. The van der Waals surface area contributed by atoms with Crippen molar-refractivity contribution in [1.82, 2.24) is 15.3 Å². The maximum Gasteiger partial charge on any atom is 0.246 e. The van der Waals surface area contributed by atoms with Gasteiger partial charge in [-0.2, -0.15) is 4.98 Å². The molecule has 4 aliphatic carbocycles. The average Bonchev–Trinajstić information content (AvgIpc) is 3.43. The molecular weight excluding hydrogens is 374 g/mol. The minimum Gasteiger partial charge on any atom is -0.354 e. The number of fused-ring (bicyclic) bond motifs is 3. The Morgan fingerprint density at radius 1 is 1.23 bits per heavy atom. The maximum atomic E-state index is 13.0. The van der Waals surface area contributed by atoms with Crippen molar-refractivity contribution in [1.29, 1.82) is 0 Å². The molecule has 2 N–H and O–H groups in total. The van der Waals surface area contributed by atoms with Gasteiger partial charge in [0.15, 0.2) is 0 Å². The average molecular weight is 410 g/mol. The molecule has 1 aromatic rings. The highest BCUT2D eigenvalue weighted by Crippen LogP contribution is 2.61. The summed E-state index contributed by atoms with van der Waals surface area (Å²) in [7, 11) is 0. The molecule has 30 heavy (non-hydrogen) atoms. The fourth-order valence-electron chi connectivity index (χ4n) is 7.65. The molecule has 1 amide bonds. The van der Waals surface area contributed by atoms with Crippen molar-refractivity contribution < 1.29 is 4.79 Å². The van der Waals surface area contributed by atoms with Crippen molar-refractivity contribution in [3.05, 3.63) is 11.8 Å². The summed E-state index contributed by atoms with van der Waals surface area (Å²) < 4.78 is 0. The number of rotatable bonds is 3. The van der Waals surface area contributed by atoms with Gasteiger partial charge in [-0.15, -0.1) is 0 Å². The third kappa shape index (κ3) is 2.45. The minimum absolute atomic E-state index is 0.185. The molecule has 0 aromatic carbocycles. The highest BCUT2D eigenvalue weighted by atomic mass is 16.2. The van der Waals surface area contributed by atoms with Crippen molar-refractivity contribution in [2.75, 3.05) is 16.8 Å². The predicted molar refractivity (Wildman–Crippen MR) is 117 cm³/mol. The van der Waals surface area contributed by atoms with E-state index in [1.807, 2.05) is 6.20 Å². The third-order valence-electron chi connectivity index (χ3n) is 9.62. The van der Waals surface area contributed by atoms with Crippen LogP contribution in [0.1, 0.15) is 71.3 Å². The van der Waals surface area contributed by atoms with Gasteiger partial charge in [0.05, 0.1) is 0 Å². The van der Waals surface area contributed by atoms with Gasteiger partial charge < -0.3 is 15.5 Å². The Hall–Kier alpha value is -1.85. The van der Waals surface area contributed by atoms with Gasteiger partial charge in [0.1, 0.15) is 11.4 Å². The Labute approximate surface area is 179 Å². The highest BCUT2D eigenvalue weighted by molar-refractivity contribution is 5.94. The molecule has 1 saturated heterocycles. The second kappa shape index (κ2) is 6.33. The summed E-state index contributed by atoms with van der Waals surface area (Å²) in [6.07, 6.45) is 11.0. The van der Waals surface area contributed by atoms with E-state index in [9.17, 15) is 4.79 Å². The Morgan fingerprint density at radius 2 is 2.03 bits per heavy atom. The summed E-state index contributed by atoms with van der Waals surface area (Å²) in [6.45, 7) is 8.05. The van der Waals surface area contributed by atoms with E-state index in [4.69, 9.17) is 9.97 Å². The first-order chi connectivity index (χ1) is 14.4. The van der Waals surface area contributed by atoms with Crippen LogP contribution in [0.5, 0.6) is 0 Å². The Kier molecular flexibility index (Phi) is 3.99. The van der Waals surface area contributed by atoms with E-state index in [1.54, 1.807) is 0 Å². The highest BCUT2D eigenvalue weighted by Gasteiger charge is 2.57. The number of carbonyl (C=O) groups excluding carboxylic acids is 1. The molecule has 4 saturated carbocycles. The first-order valence-corrected chi connectivity index (χ1v) is 12.1. The molecule has 162 valence electrons. The SMILES string of the molecule is C[C@@H]1[C@@H](Nc2ncc3c(n2)N(C2CCCC2)[C@]2(CCNC2=O)C3)C[C@H]2C[C@@H]1C2(C)C. The van der Waals surface area contributed by atoms with Crippen molar-refractivity contribution in [3.8, 4) is 0 Å². The van der Waals surface area contributed by atoms with Gasteiger partial charge >= 0.3 is 0 Å². The molecule has 5 atom stereocenters. The van der Waals surface area contributed by atoms with Crippen LogP contribution in [0, 0.1) is 23.2 Å². The van der Waals surface area contributed by atoms with Gasteiger partial charge in [0.25, 0.3) is 0 Å². The molecule has 3 heterocycles. The number of hydrogen-bond acceptors (Lipinski definition) is 5. The summed E-state index contributed by atoms with van der Waals surface area (Å²) in [5.41, 5.74) is 1.19. The van der Waals surface area contributed by atoms with E-state index in [2.05, 4.69) is 36.3 Å². The summed E-state index contributed by atoms with van der Waals surface area (Å²) in [5, 5.41) is 6.81. The first-order valence-electron chi connectivity index (χ1n) is 12.1. The smallest absolute Gasteiger partial charge is 0.246 e. The predicted octanol–water partition coefficient (Wildman–Crippen LogP) is 3.52. The number of hydrogen-bond donors (Lipinski definition) is 2. The van der Waals surface area contributed by atoms with Gasteiger partial charge in [-0.3, -0.25) is 4.79 Å². The zero-order chi connectivity index (χ0) is 20.7. The zero-order valence-electron chi connectivity index (χ0n) is 18.6. The molecule has 1 aromatic heterocycles. The molecule has 2 bridgehead atoms. The van der Waals surface area contributed by atoms with E-state index < -0.39 is 5.54 Å². The van der Waals surface area contributed by atoms with Crippen molar-refractivity contribution in [2.24, 2.45) is 23.2 Å². The van der Waals surface area contributed by atoms with Crippen LogP contribution in [0.3, 0.4) is 0 Å². The van der Waals surface area contributed by atoms with Gasteiger partial charge in [0.2, 0.25) is 11.9 Å². The topological polar surface area (TPSA) is 70.2 Å². The number of nitrogens with one attached hydrogen (secondary N) is 2. The maximum absolute atomic E-state index is 13.0. The van der Waals surface area contributed by atoms with Gasteiger partial charge in [-0.1, -0.05) is 33.6 Å². The lowest BCUT2D eigenvalue weighted by Crippen LogP contribution is -2.58. The van der Waals surface area contributed by atoms with Crippen LogP contribution in [0.15, 0.2) is 6.20 Å². The molecule has 2 aliphatic heterocycles. The van der Waals surface area contributed by atoms with Crippen LogP contribution >= 0.6 is 0 Å². The summed E-state index contributed by atoms with van der Waals surface area (Å²) >= 11 is 0. The molecule has 6 heteroatoms. The van der Waals surface area contributed by atoms with Crippen LogP contribution in [-0.2, 0) is 11.2 Å². The summed E-state index contributed by atoms with van der Waals surface area (Å²) in [4.78, 5) is 25.2. The van der Waals surface area contributed by atoms with Gasteiger partial charge in [-0.05, 0) is 55.3 Å². The van der Waals surface area contributed by atoms with E-state index in [0.29, 0.717) is 23.4 Å². The second-order valence-corrected chi connectivity index (χ2v) is 11.3. The largest absolute Gasteiger partial charge is 0.354 e. The monoisotopic (exact) mass is 409 g/mol. The van der Waals surface area contributed by atoms with Crippen molar-refractivity contribution in [3.63, 3.8) is 0 Å². The van der Waals surface area contributed by atoms with E-state index in [1.165, 1.54) is 38.5 Å². The molecule has 6 nitrogen and oxygen atoms in total. The molecule has 7 rings (SSSR count). The molecular formula is C24H35N5O. The van der Waals surface area contributed by atoms with E-state index >= 15 is 0 Å². The lowest BCUT2D eigenvalue weighted by atomic mass is 9.45. The van der Waals surface area contributed by atoms with Crippen LogP contribution in [-0.4, -0.2) is 40.0 Å². The van der Waals surface area contributed by atoms with Crippen molar-refractivity contribution >= 4 is 17.7 Å². The van der Waals surface area contributed by atoms with Crippen LogP contribution in [0.2, 0.25) is 0 Å². The Bertz CT molecular complexity index is 878. The first kappa shape index (κ1) is 18.9. The lowest BCUT2D eigenvalue weighted by molar-refractivity contribution is -0.123. The fraction of sp³-hybridized carbons (Fsp3) is 0.792. The van der Waals surface area contributed by atoms with Crippen LogP contribution in [0.25, 0.3) is 0 Å². The Morgan fingerprint density at radius 3 is 2.70 bits per heavy atom. The van der Waals surface area contributed by atoms with Crippen molar-refractivity contribution in [2.45, 2.75) is 89.8 Å². The van der Waals surface area contributed by atoms with Crippen LogP contribution < -0.4 is 15.5 Å². The van der Waals surface area contributed by atoms with Gasteiger partial charge in [0, 0.05) is 36.8 Å².